The summed E-state index contributed by atoms with van der Waals surface area (Å²) in [7, 11) is 9.44. The van der Waals surface area contributed by atoms with Gasteiger partial charge in [-0.1, -0.05) is 30.4 Å². The average molecular weight is 440 g/mol. The van der Waals surface area contributed by atoms with Crippen LogP contribution < -0.4 is 19.7 Å². The second-order valence-corrected chi connectivity index (χ2v) is 8.04. The molecule has 0 aliphatic carbocycles. The molecule has 1 amide bonds. The third-order valence-electron chi connectivity index (χ3n) is 5.29. The zero-order valence-corrected chi connectivity index (χ0v) is 20.1. The highest BCUT2D eigenvalue weighted by Gasteiger charge is 2.06. The maximum absolute atomic E-state index is 12.0. The molecule has 32 heavy (non-hydrogen) atoms. The van der Waals surface area contributed by atoms with Crippen LogP contribution in [0.1, 0.15) is 24.0 Å². The molecule has 0 aromatic heterocycles. The minimum Gasteiger partial charge on any atom is -0.493 e. The van der Waals surface area contributed by atoms with Crippen molar-refractivity contribution in [3.8, 4) is 11.5 Å². The van der Waals surface area contributed by atoms with Crippen LogP contribution >= 0.6 is 0 Å². The molecule has 1 N–H and O–H groups in total. The van der Waals surface area contributed by atoms with Crippen LogP contribution in [0.3, 0.4) is 0 Å². The molecule has 0 heterocycles. The fourth-order valence-electron chi connectivity index (χ4n) is 3.30. The predicted octanol–water partition coefficient (Wildman–Crippen LogP) is 3.85. The normalized spacial score (nSPS) is 11.1. The van der Waals surface area contributed by atoms with E-state index in [2.05, 4.69) is 52.5 Å². The lowest BCUT2D eigenvalue weighted by Gasteiger charge is -2.17. The summed E-state index contributed by atoms with van der Waals surface area (Å²) in [6.45, 7) is 2.56. The Morgan fingerprint density at radius 1 is 0.969 bits per heavy atom. The van der Waals surface area contributed by atoms with Gasteiger partial charge >= 0.3 is 0 Å². The molecule has 0 saturated heterocycles. The maximum Gasteiger partial charge on any atom is 0.223 e. The van der Waals surface area contributed by atoms with Gasteiger partial charge in [0.1, 0.15) is 0 Å². The molecule has 0 unspecified atom stereocenters. The number of nitrogens with one attached hydrogen (secondary N) is 1. The van der Waals surface area contributed by atoms with Crippen molar-refractivity contribution >= 4 is 17.7 Å². The van der Waals surface area contributed by atoms with Crippen molar-refractivity contribution in [2.45, 2.75) is 19.3 Å². The van der Waals surface area contributed by atoms with E-state index in [1.54, 1.807) is 14.2 Å². The molecule has 0 fully saturated rings. The van der Waals surface area contributed by atoms with E-state index in [-0.39, 0.29) is 5.91 Å². The highest BCUT2D eigenvalue weighted by Crippen LogP contribution is 2.27. The summed E-state index contributed by atoms with van der Waals surface area (Å²) in [6.07, 6.45) is 6.15. The molecule has 0 aliphatic heterocycles. The topological polar surface area (TPSA) is 54.0 Å². The Bertz CT molecular complexity index is 863. The van der Waals surface area contributed by atoms with Gasteiger partial charge in [0.05, 0.1) is 14.2 Å². The van der Waals surface area contributed by atoms with Crippen molar-refractivity contribution in [2.24, 2.45) is 0 Å². The second-order valence-electron chi connectivity index (χ2n) is 8.04. The van der Waals surface area contributed by atoms with Gasteiger partial charge in [0.2, 0.25) is 5.91 Å². The third-order valence-corrected chi connectivity index (χ3v) is 5.29. The minimum atomic E-state index is 0.0548. The molecule has 0 bridgehead atoms. The van der Waals surface area contributed by atoms with Gasteiger partial charge in [-0.15, -0.1) is 0 Å². The van der Waals surface area contributed by atoms with Crippen LogP contribution in [0.2, 0.25) is 0 Å². The van der Waals surface area contributed by atoms with E-state index in [1.165, 1.54) is 5.56 Å². The van der Waals surface area contributed by atoms with Crippen molar-refractivity contribution in [3.63, 3.8) is 0 Å². The molecule has 6 heteroatoms. The number of likely N-dealkylation sites (N-methyl/N-ethyl adjacent to an activating group) is 1. The summed E-state index contributed by atoms with van der Waals surface area (Å²) in [4.78, 5) is 16.4. The molecule has 2 aromatic rings. The summed E-state index contributed by atoms with van der Waals surface area (Å²) < 4.78 is 10.7. The lowest BCUT2D eigenvalue weighted by Crippen LogP contribution is -2.28. The smallest absolute Gasteiger partial charge is 0.223 e. The number of anilines is 1. The summed E-state index contributed by atoms with van der Waals surface area (Å²) in [5, 5.41) is 3.00. The lowest BCUT2D eigenvalue weighted by molar-refractivity contribution is -0.120. The number of hydrogen-bond donors (Lipinski definition) is 1. The average Bonchev–Trinajstić information content (AvgIpc) is 2.80. The van der Waals surface area contributed by atoms with Crippen molar-refractivity contribution in [2.75, 3.05) is 59.9 Å². The van der Waals surface area contributed by atoms with Crippen LogP contribution in [0.4, 0.5) is 5.69 Å². The van der Waals surface area contributed by atoms with E-state index in [0.717, 1.165) is 48.7 Å². The standard InChI is InChI=1S/C26H37N3O3/c1-28(2)23-13-10-21(11-14-23)8-6-9-26(30)27-17-7-18-29(3)19-16-22-12-15-24(31-4)25(20-22)32-5/h6,8,10-15,20H,7,9,16-19H2,1-5H3,(H,27,30). The van der Waals surface area contributed by atoms with E-state index in [4.69, 9.17) is 9.47 Å². The summed E-state index contributed by atoms with van der Waals surface area (Å²) >= 11 is 0. The molecule has 2 aromatic carbocycles. The zero-order valence-electron chi connectivity index (χ0n) is 20.1. The van der Waals surface area contributed by atoms with Crippen LogP contribution in [0.15, 0.2) is 48.5 Å². The first kappa shape index (κ1) is 25.3. The number of carbonyl (C=O) groups is 1. The van der Waals surface area contributed by atoms with Crippen molar-refractivity contribution < 1.29 is 14.3 Å². The highest BCUT2D eigenvalue weighted by molar-refractivity contribution is 5.78. The molecule has 0 aliphatic rings. The fraction of sp³-hybridized carbons (Fsp3) is 0.423. The summed E-state index contributed by atoms with van der Waals surface area (Å²) in [6, 6.07) is 14.3. The van der Waals surface area contributed by atoms with Crippen molar-refractivity contribution in [1.82, 2.24) is 10.2 Å². The summed E-state index contributed by atoms with van der Waals surface area (Å²) in [5.41, 5.74) is 3.47. The number of methoxy groups -OCH3 is 2. The largest absolute Gasteiger partial charge is 0.493 e. The second kappa shape index (κ2) is 13.4. The van der Waals surface area contributed by atoms with Crippen LogP contribution in [-0.4, -0.2) is 65.8 Å². The Labute approximate surface area is 192 Å². The molecule has 2 rings (SSSR count). The molecule has 0 spiro atoms. The summed E-state index contributed by atoms with van der Waals surface area (Å²) in [5.74, 6) is 1.56. The molecule has 6 nitrogen and oxygen atoms in total. The van der Waals surface area contributed by atoms with Crippen LogP contribution in [0, 0.1) is 0 Å². The van der Waals surface area contributed by atoms with Gasteiger partial charge < -0.3 is 24.6 Å². The quantitative estimate of drug-likeness (QED) is 0.481. The van der Waals surface area contributed by atoms with Crippen molar-refractivity contribution in [3.05, 3.63) is 59.7 Å². The number of benzene rings is 2. The molecular formula is C26H37N3O3. The number of carbonyl (C=O) groups excluding carboxylic acids is 1. The monoisotopic (exact) mass is 439 g/mol. The first-order valence-corrected chi connectivity index (χ1v) is 11.0. The first-order chi connectivity index (χ1) is 15.4. The van der Waals surface area contributed by atoms with Crippen LogP contribution in [0.5, 0.6) is 11.5 Å². The number of ether oxygens (including phenoxy) is 2. The maximum atomic E-state index is 12.0. The lowest BCUT2D eigenvalue weighted by atomic mass is 10.1. The third kappa shape index (κ3) is 8.63. The predicted molar refractivity (Wildman–Crippen MR) is 133 cm³/mol. The Morgan fingerprint density at radius 3 is 2.34 bits per heavy atom. The molecule has 0 saturated carbocycles. The van der Waals surface area contributed by atoms with Gasteiger partial charge in [0.25, 0.3) is 0 Å². The van der Waals surface area contributed by atoms with E-state index in [0.29, 0.717) is 13.0 Å². The van der Waals surface area contributed by atoms with Gasteiger partial charge in [-0.25, -0.2) is 0 Å². The molecule has 174 valence electrons. The number of rotatable bonds is 13. The molecular weight excluding hydrogens is 402 g/mol. The molecule has 0 atom stereocenters. The van der Waals surface area contributed by atoms with Gasteiger partial charge in [-0.05, 0) is 61.8 Å². The number of amides is 1. The number of hydrogen-bond acceptors (Lipinski definition) is 5. The highest BCUT2D eigenvalue weighted by atomic mass is 16.5. The van der Waals surface area contributed by atoms with Gasteiger partial charge in [0.15, 0.2) is 11.5 Å². The number of nitrogens with zero attached hydrogens (tertiary/aromatic N) is 2. The van der Waals surface area contributed by atoms with Gasteiger partial charge in [0, 0.05) is 39.3 Å². The Hall–Kier alpha value is -2.99. The van der Waals surface area contributed by atoms with Gasteiger partial charge in [-0.2, -0.15) is 0 Å². The Balaban J connectivity index is 1.61. The zero-order chi connectivity index (χ0) is 23.3. The Kier molecular flexibility index (Phi) is 10.6. The SMILES string of the molecule is COc1ccc(CCN(C)CCCNC(=O)CC=Cc2ccc(N(C)C)cc2)cc1OC. The Morgan fingerprint density at radius 2 is 1.69 bits per heavy atom. The van der Waals surface area contributed by atoms with E-state index < -0.39 is 0 Å². The van der Waals surface area contributed by atoms with Gasteiger partial charge in [-0.3, -0.25) is 4.79 Å². The first-order valence-electron chi connectivity index (χ1n) is 11.0. The fourth-order valence-corrected chi connectivity index (χ4v) is 3.30. The van der Waals surface area contributed by atoms with E-state index in [1.807, 2.05) is 38.4 Å². The van der Waals surface area contributed by atoms with E-state index in [9.17, 15) is 4.79 Å². The van der Waals surface area contributed by atoms with Crippen LogP contribution in [0.25, 0.3) is 6.08 Å². The minimum absolute atomic E-state index is 0.0548. The van der Waals surface area contributed by atoms with Crippen LogP contribution in [-0.2, 0) is 11.2 Å². The molecule has 0 radical (unpaired) electrons. The van der Waals surface area contributed by atoms with Crippen molar-refractivity contribution in [1.29, 1.82) is 0 Å². The van der Waals surface area contributed by atoms with E-state index >= 15 is 0 Å².